The largest absolute Gasteiger partial charge is 0.363 e. The summed E-state index contributed by atoms with van der Waals surface area (Å²) in [5, 5.41) is 3.78. The van der Waals surface area contributed by atoms with Gasteiger partial charge in [-0.05, 0) is 47.2 Å². The van der Waals surface area contributed by atoms with E-state index in [0.29, 0.717) is 40.7 Å². The minimum atomic E-state index is -3.46. The summed E-state index contributed by atoms with van der Waals surface area (Å²) in [4.78, 5) is 2.32. The molecule has 0 atom stereocenters. The van der Waals surface area contributed by atoms with E-state index < -0.39 is 10.0 Å². The molecule has 1 aliphatic rings. The van der Waals surface area contributed by atoms with Crippen LogP contribution >= 0.6 is 28.1 Å². The number of piperazine rings is 1. The average molecular weight is 392 g/mol. The summed E-state index contributed by atoms with van der Waals surface area (Å²) in [6, 6.07) is 6.89. The second-order valence-corrected chi connectivity index (χ2v) is 7.80. The Morgan fingerprint density at radius 2 is 1.90 bits per heavy atom. The lowest BCUT2D eigenvalue weighted by atomic mass is 10.4. The minimum absolute atomic E-state index is 0.313. The number of hydrogen-bond acceptors (Lipinski definition) is 3. The van der Waals surface area contributed by atoms with Gasteiger partial charge in [-0.1, -0.05) is 12.1 Å². The van der Waals surface area contributed by atoms with E-state index >= 15 is 0 Å². The Hall–Kier alpha value is -0.700. The topological polar surface area (TPSA) is 52.6 Å². The highest BCUT2D eigenvalue weighted by atomic mass is 79.9. The highest BCUT2D eigenvalue weighted by Crippen LogP contribution is 2.25. The number of nitrogens with one attached hydrogen (secondary N) is 1. The third-order valence-electron chi connectivity index (χ3n) is 3.31. The molecular formula is C13H18BrN3O2S2. The highest BCUT2D eigenvalue weighted by Gasteiger charge is 2.30. The highest BCUT2D eigenvalue weighted by molar-refractivity contribution is 9.10. The third-order valence-corrected chi connectivity index (χ3v) is 6.62. The van der Waals surface area contributed by atoms with Gasteiger partial charge in [-0.3, -0.25) is 0 Å². The van der Waals surface area contributed by atoms with Gasteiger partial charge in [-0.25, -0.2) is 8.42 Å². The zero-order valence-corrected chi connectivity index (χ0v) is 15.0. The summed E-state index contributed by atoms with van der Waals surface area (Å²) in [5.74, 6) is 0. The second-order valence-electron chi connectivity index (χ2n) is 4.66. The first kappa shape index (κ1) is 16.7. The van der Waals surface area contributed by atoms with Crippen LogP contribution in [0.4, 0.5) is 0 Å². The summed E-state index contributed by atoms with van der Waals surface area (Å²) in [7, 11) is -3.46. The van der Waals surface area contributed by atoms with E-state index in [-0.39, 0.29) is 0 Å². The molecule has 0 unspecified atom stereocenters. The summed E-state index contributed by atoms with van der Waals surface area (Å²) < 4.78 is 27.4. The molecule has 116 valence electrons. The second kappa shape index (κ2) is 7.04. The van der Waals surface area contributed by atoms with Gasteiger partial charge < -0.3 is 10.2 Å². The Morgan fingerprint density at radius 3 is 2.48 bits per heavy atom. The van der Waals surface area contributed by atoms with Crippen LogP contribution in [0.15, 0.2) is 33.6 Å². The average Bonchev–Trinajstić information content (AvgIpc) is 2.48. The Bertz CT molecular complexity index is 614. The monoisotopic (exact) mass is 391 g/mol. The Labute approximate surface area is 139 Å². The first-order chi connectivity index (χ1) is 9.96. The molecule has 8 heteroatoms. The van der Waals surface area contributed by atoms with Gasteiger partial charge in [-0.15, -0.1) is 0 Å². The molecular weight excluding hydrogens is 374 g/mol. The lowest BCUT2D eigenvalue weighted by Crippen LogP contribution is -2.52. The first-order valence-electron chi connectivity index (χ1n) is 6.74. The van der Waals surface area contributed by atoms with Crippen molar-refractivity contribution in [1.82, 2.24) is 14.5 Å². The van der Waals surface area contributed by atoms with Crippen LogP contribution in [0, 0.1) is 0 Å². The van der Waals surface area contributed by atoms with Crippen LogP contribution in [-0.2, 0) is 10.0 Å². The minimum Gasteiger partial charge on any atom is -0.363 e. The predicted molar refractivity (Wildman–Crippen MR) is 90.7 cm³/mol. The predicted octanol–water partition coefficient (Wildman–Crippen LogP) is 1.65. The molecule has 1 aromatic rings. The Kier molecular flexibility index (Phi) is 5.59. The molecule has 0 bridgehead atoms. The summed E-state index contributed by atoms with van der Waals surface area (Å²) in [6.45, 7) is 4.85. The van der Waals surface area contributed by atoms with Gasteiger partial charge in [0.25, 0.3) is 0 Å². The molecule has 21 heavy (non-hydrogen) atoms. The standard InChI is InChI=1S/C13H18BrN3O2S2/c1-2-15-13(20)16-7-9-17(10-8-16)21(18,19)12-6-4-3-5-11(12)14/h3-6H,2,7-10H2,1H3,(H,15,20). The van der Waals surface area contributed by atoms with Crippen molar-refractivity contribution in [3.8, 4) is 0 Å². The number of rotatable bonds is 3. The van der Waals surface area contributed by atoms with E-state index in [1.807, 2.05) is 11.8 Å². The number of nitrogens with zero attached hydrogens (tertiary/aromatic N) is 2. The number of halogens is 1. The van der Waals surface area contributed by atoms with Crippen LogP contribution in [0.2, 0.25) is 0 Å². The zero-order chi connectivity index (χ0) is 15.5. The number of thiocarbonyl (C=S) groups is 1. The van der Waals surface area contributed by atoms with Crippen LogP contribution in [-0.4, -0.2) is 55.5 Å². The number of sulfonamides is 1. The van der Waals surface area contributed by atoms with Crippen molar-refractivity contribution in [2.75, 3.05) is 32.7 Å². The van der Waals surface area contributed by atoms with Gasteiger partial charge in [0.2, 0.25) is 10.0 Å². The maximum absolute atomic E-state index is 12.6. The van der Waals surface area contributed by atoms with Crippen molar-refractivity contribution in [3.05, 3.63) is 28.7 Å². The summed E-state index contributed by atoms with van der Waals surface area (Å²) in [6.07, 6.45) is 0. The van der Waals surface area contributed by atoms with Gasteiger partial charge in [-0.2, -0.15) is 4.31 Å². The fourth-order valence-electron chi connectivity index (χ4n) is 2.19. The molecule has 1 saturated heterocycles. The molecule has 1 aromatic carbocycles. The Morgan fingerprint density at radius 1 is 1.29 bits per heavy atom. The van der Waals surface area contributed by atoms with Crippen molar-refractivity contribution in [3.63, 3.8) is 0 Å². The molecule has 0 spiro atoms. The van der Waals surface area contributed by atoms with E-state index in [1.165, 1.54) is 4.31 Å². The third kappa shape index (κ3) is 3.74. The van der Waals surface area contributed by atoms with Crippen LogP contribution in [0.3, 0.4) is 0 Å². The van der Waals surface area contributed by atoms with Crippen LogP contribution < -0.4 is 5.32 Å². The maximum atomic E-state index is 12.6. The molecule has 5 nitrogen and oxygen atoms in total. The van der Waals surface area contributed by atoms with E-state index in [4.69, 9.17) is 12.2 Å². The Balaban J connectivity index is 2.08. The molecule has 0 aromatic heterocycles. The molecule has 0 aliphatic carbocycles. The SMILES string of the molecule is CCNC(=S)N1CCN(S(=O)(=O)c2ccccc2Br)CC1. The summed E-state index contributed by atoms with van der Waals surface area (Å²) >= 11 is 8.57. The molecule has 0 radical (unpaired) electrons. The van der Waals surface area contributed by atoms with Gasteiger partial charge in [0.1, 0.15) is 0 Å². The van der Waals surface area contributed by atoms with Crippen molar-refractivity contribution >= 4 is 43.3 Å². The van der Waals surface area contributed by atoms with Crippen molar-refractivity contribution < 1.29 is 8.42 Å². The molecule has 1 fully saturated rings. The fraction of sp³-hybridized carbons (Fsp3) is 0.462. The van der Waals surface area contributed by atoms with Gasteiger partial charge in [0.05, 0.1) is 4.90 Å². The van der Waals surface area contributed by atoms with Gasteiger partial charge in [0.15, 0.2) is 5.11 Å². The summed E-state index contributed by atoms with van der Waals surface area (Å²) in [5.41, 5.74) is 0. The fourth-order valence-corrected chi connectivity index (χ4v) is 4.90. The first-order valence-corrected chi connectivity index (χ1v) is 9.38. The van der Waals surface area contributed by atoms with Crippen molar-refractivity contribution in [1.29, 1.82) is 0 Å². The lowest BCUT2D eigenvalue weighted by Gasteiger charge is -2.35. The van der Waals surface area contributed by atoms with Gasteiger partial charge in [0, 0.05) is 37.2 Å². The van der Waals surface area contributed by atoms with Crippen molar-refractivity contribution in [2.45, 2.75) is 11.8 Å². The molecule has 1 aliphatic heterocycles. The van der Waals surface area contributed by atoms with Crippen LogP contribution in [0.5, 0.6) is 0 Å². The van der Waals surface area contributed by atoms with Crippen molar-refractivity contribution in [2.24, 2.45) is 0 Å². The quantitative estimate of drug-likeness (QED) is 0.793. The van der Waals surface area contributed by atoms with Crippen LogP contribution in [0.1, 0.15) is 6.92 Å². The zero-order valence-electron chi connectivity index (χ0n) is 11.8. The molecule has 1 N–H and O–H groups in total. The number of hydrogen-bond donors (Lipinski definition) is 1. The molecule has 0 saturated carbocycles. The number of benzene rings is 1. The normalized spacial score (nSPS) is 16.8. The van der Waals surface area contributed by atoms with E-state index in [1.54, 1.807) is 24.3 Å². The molecule has 0 amide bonds. The van der Waals surface area contributed by atoms with E-state index in [9.17, 15) is 8.42 Å². The molecule has 1 heterocycles. The van der Waals surface area contributed by atoms with Gasteiger partial charge >= 0.3 is 0 Å². The van der Waals surface area contributed by atoms with Crippen LogP contribution in [0.25, 0.3) is 0 Å². The van der Waals surface area contributed by atoms with E-state index in [0.717, 1.165) is 6.54 Å². The molecule has 2 rings (SSSR count). The smallest absolute Gasteiger partial charge is 0.244 e. The van der Waals surface area contributed by atoms with E-state index in [2.05, 4.69) is 21.2 Å². The maximum Gasteiger partial charge on any atom is 0.244 e. The lowest BCUT2D eigenvalue weighted by molar-refractivity contribution is 0.264.